The smallest absolute Gasteiger partial charge is 0.408 e. The predicted molar refractivity (Wildman–Crippen MR) is 139 cm³/mol. The van der Waals surface area contributed by atoms with Crippen LogP contribution in [0.3, 0.4) is 0 Å². The first kappa shape index (κ1) is 28.7. The summed E-state index contributed by atoms with van der Waals surface area (Å²) in [6.07, 6.45) is 3.75. The maximum atomic E-state index is 14.0. The molecule has 196 valence electrons. The topological polar surface area (TPSA) is 87.7 Å². The van der Waals surface area contributed by atoms with E-state index >= 15 is 0 Å². The summed E-state index contributed by atoms with van der Waals surface area (Å²) >= 11 is 0. The highest BCUT2D eigenvalue weighted by Gasteiger charge is 2.44. The van der Waals surface area contributed by atoms with E-state index in [1.54, 1.807) is 25.7 Å². The molecular weight excluding hydrogens is 442 g/mol. The standard InChI is InChI=1S/C28H45N3O4/c1-9-11-19(5)29-25(32)24(21-14-12-20(10-2)13-15-21)31(22-16-17-22)26(33)23(18(3)4)30-27(34)35-28(6,7)8/h12-15,18-19,22-24H,9-11,16-17H2,1-8H3,(H,29,32)(H,30,34). The van der Waals surface area contributed by atoms with Gasteiger partial charge in [-0.25, -0.2) is 4.79 Å². The average molecular weight is 488 g/mol. The van der Waals surface area contributed by atoms with Crippen LogP contribution in [-0.2, 0) is 20.7 Å². The summed E-state index contributed by atoms with van der Waals surface area (Å²) in [5.41, 5.74) is 1.27. The lowest BCUT2D eigenvalue weighted by molar-refractivity contribution is -0.144. The lowest BCUT2D eigenvalue weighted by Gasteiger charge is -2.36. The molecule has 0 aliphatic heterocycles. The van der Waals surface area contributed by atoms with Crippen LogP contribution in [-0.4, -0.2) is 46.5 Å². The molecule has 3 amide bonds. The highest BCUT2D eigenvalue weighted by atomic mass is 16.6. The van der Waals surface area contributed by atoms with Crippen LogP contribution < -0.4 is 10.6 Å². The molecule has 1 aromatic rings. The van der Waals surface area contributed by atoms with Crippen molar-refractivity contribution in [1.29, 1.82) is 0 Å². The van der Waals surface area contributed by atoms with Crippen LogP contribution in [0.25, 0.3) is 0 Å². The second-order valence-electron chi connectivity index (χ2n) is 11.0. The average Bonchev–Trinajstić information content (AvgIpc) is 3.59. The highest BCUT2D eigenvalue weighted by Crippen LogP contribution is 2.36. The van der Waals surface area contributed by atoms with Crippen LogP contribution in [0.5, 0.6) is 0 Å². The molecule has 2 rings (SSSR count). The van der Waals surface area contributed by atoms with Crippen molar-refractivity contribution in [2.24, 2.45) is 5.92 Å². The van der Waals surface area contributed by atoms with Gasteiger partial charge in [-0.3, -0.25) is 9.59 Å². The van der Waals surface area contributed by atoms with Gasteiger partial charge in [0, 0.05) is 12.1 Å². The fourth-order valence-corrected chi connectivity index (χ4v) is 4.18. The van der Waals surface area contributed by atoms with Gasteiger partial charge in [-0.15, -0.1) is 0 Å². The molecule has 1 saturated carbocycles. The van der Waals surface area contributed by atoms with E-state index in [-0.39, 0.29) is 29.8 Å². The minimum atomic E-state index is -0.802. The number of nitrogens with one attached hydrogen (secondary N) is 2. The number of amides is 3. The molecule has 7 nitrogen and oxygen atoms in total. The molecule has 0 heterocycles. The number of carbonyl (C=O) groups is 3. The maximum Gasteiger partial charge on any atom is 0.408 e. The van der Waals surface area contributed by atoms with Gasteiger partial charge in [-0.2, -0.15) is 0 Å². The normalized spacial score (nSPS) is 16.3. The third-order valence-corrected chi connectivity index (χ3v) is 6.14. The number of nitrogens with zero attached hydrogens (tertiary/aromatic N) is 1. The summed E-state index contributed by atoms with van der Waals surface area (Å²) in [6.45, 7) is 15.3. The van der Waals surface area contributed by atoms with Gasteiger partial charge in [0.15, 0.2) is 0 Å². The summed E-state index contributed by atoms with van der Waals surface area (Å²) in [4.78, 5) is 41.9. The van der Waals surface area contributed by atoms with Gasteiger partial charge < -0.3 is 20.3 Å². The molecule has 3 atom stereocenters. The quantitative estimate of drug-likeness (QED) is 0.453. The van der Waals surface area contributed by atoms with Crippen LogP contribution in [0.1, 0.15) is 98.2 Å². The Labute approximate surface area is 211 Å². The van der Waals surface area contributed by atoms with Gasteiger partial charge in [-0.05, 0) is 70.4 Å². The molecule has 7 heteroatoms. The van der Waals surface area contributed by atoms with Crippen molar-refractivity contribution in [3.63, 3.8) is 0 Å². The third kappa shape index (κ3) is 8.55. The molecule has 0 radical (unpaired) electrons. The summed E-state index contributed by atoms with van der Waals surface area (Å²) < 4.78 is 5.42. The Kier molecular flexibility index (Phi) is 10.2. The first-order chi connectivity index (χ1) is 16.4. The monoisotopic (exact) mass is 487 g/mol. The van der Waals surface area contributed by atoms with E-state index < -0.39 is 23.8 Å². The van der Waals surface area contributed by atoms with Gasteiger partial charge in [-0.1, -0.05) is 58.4 Å². The number of aryl methyl sites for hydroxylation is 1. The first-order valence-corrected chi connectivity index (χ1v) is 13.1. The fraction of sp³-hybridized carbons (Fsp3) is 0.679. The number of ether oxygens (including phenoxy) is 1. The van der Waals surface area contributed by atoms with Crippen LogP contribution in [0.4, 0.5) is 4.79 Å². The van der Waals surface area contributed by atoms with E-state index in [0.29, 0.717) is 0 Å². The van der Waals surface area contributed by atoms with Gasteiger partial charge in [0.2, 0.25) is 11.8 Å². The van der Waals surface area contributed by atoms with Crippen LogP contribution in [0.15, 0.2) is 24.3 Å². The molecule has 1 aliphatic rings. The zero-order valence-electron chi connectivity index (χ0n) is 22.8. The van der Waals surface area contributed by atoms with E-state index in [0.717, 1.165) is 37.7 Å². The molecule has 2 N–H and O–H groups in total. The van der Waals surface area contributed by atoms with Crippen molar-refractivity contribution in [1.82, 2.24) is 15.5 Å². The Morgan fingerprint density at radius 1 is 1.03 bits per heavy atom. The predicted octanol–water partition coefficient (Wildman–Crippen LogP) is 5.14. The number of hydrogen-bond donors (Lipinski definition) is 2. The van der Waals surface area contributed by atoms with Crippen molar-refractivity contribution < 1.29 is 19.1 Å². The Hall–Kier alpha value is -2.57. The van der Waals surface area contributed by atoms with Crippen LogP contribution >= 0.6 is 0 Å². The summed E-state index contributed by atoms with van der Waals surface area (Å²) in [5.74, 6) is -0.618. The summed E-state index contributed by atoms with van der Waals surface area (Å²) in [5, 5.41) is 5.90. The van der Waals surface area contributed by atoms with Crippen molar-refractivity contribution in [2.45, 2.75) is 117 Å². The van der Waals surface area contributed by atoms with Gasteiger partial charge in [0.1, 0.15) is 17.7 Å². The van der Waals surface area contributed by atoms with Crippen LogP contribution in [0.2, 0.25) is 0 Å². The molecule has 0 spiro atoms. The Balaban J connectivity index is 2.42. The van der Waals surface area contributed by atoms with E-state index in [1.165, 1.54) is 5.56 Å². The largest absolute Gasteiger partial charge is 0.444 e. The van der Waals surface area contributed by atoms with Crippen molar-refractivity contribution in [3.8, 4) is 0 Å². The van der Waals surface area contributed by atoms with E-state index in [9.17, 15) is 14.4 Å². The Morgan fingerprint density at radius 3 is 2.09 bits per heavy atom. The number of carbonyl (C=O) groups excluding carboxylic acids is 3. The SMILES string of the molecule is CCCC(C)NC(=O)C(c1ccc(CC)cc1)N(C(=O)C(NC(=O)OC(C)(C)C)C(C)C)C1CC1. The highest BCUT2D eigenvalue weighted by molar-refractivity contribution is 5.92. The van der Waals surface area contributed by atoms with Gasteiger partial charge in [0.05, 0.1) is 0 Å². The molecule has 1 aliphatic carbocycles. The number of alkyl carbamates (subject to hydrolysis) is 1. The Morgan fingerprint density at radius 2 is 1.63 bits per heavy atom. The molecule has 0 bridgehead atoms. The van der Waals surface area contributed by atoms with Crippen molar-refractivity contribution in [2.75, 3.05) is 0 Å². The second-order valence-corrected chi connectivity index (χ2v) is 11.0. The molecule has 1 fully saturated rings. The molecule has 0 aromatic heterocycles. The zero-order chi connectivity index (χ0) is 26.3. The second kappa shape index (κ2) is 12.4. The van der Waals surface area contributed by atoms with Gasteiger partial charge in [0.25, 0.3) is 0 Å². The van der Waals surface area contributed by atoms with Crippen LogP contribution in [0, 0.1) is 5.92 Å². The zero-order valence-corrected chi connectivity index (χ0v) is 22.8. The fourth-order valence-electron chi connectivity index (χ4n) is 4.18. The molecule has 0 saturated heterocycles. The lowest BCUT2D eigenvalue weighted by Crippen LogP contribution is -2.56. The maximum absolute atomic E-state index is 14.0. The van der Waals surface area contributed by atoms with Crippen molar-refractivity contribution in [3.05, 3.63) is 35.4 Å². The number of rotatable bonds is 11. The summed E-state index contributed by atoms with van der Waals surface area (Å²) in [6, 6.07) is 6.32. The van der Waals surface area contributed by atoms with E-state index in [1.807, 2.05) is 45.0 Å². The summed E-state index contributed by atoms with van der Waals surface area (Å²) in [7, 11) is 0. The minimum absolute atomic E-state index is 0.00172. The van der Waals surface area contributed by atoms with Gasteiger partial charge >= 0.3 is 6.09 Å². The third-order valence-electron chi connectivity index (χ3n) is 6.14. The molecule has 1 aromatic carbocycles. The molecule has 35 heavy (non-hydrogen) atoms. The molecule has 3 unspecified atom stereocenters. The Bertz CT molecular complexity index is 856. The number of hydrogen-bond acceptors (Lipinski definition) is 4. The number of benzene rings is 1. The minimum Gasteiger partial charge on any atom is -0.444 e. The van der Waals surface area contributed by atoms with E-state index in [4.69, 9.17) is 4.74 Å². The molecular formula is C28H45N3O4. The van der Waals surface area contributed by atoms with E-state index in [2.05, 4.69) is 24.5 Å². The lowest BCUT2D eigenvalue weighted by atomic mass is 9.97. The van der Waals surface area contributed by atoms with Crippen molar-refractivity contribution >= 4 is 17.9 Å². The first-order valence-electron chi connectivity index (χ1n) is 13.1.